The molecule has 5 aromatic rings. The number of aromatic nitrogens is 5. The van der Waals surface area contributed by atoms with Crippen LogP contribution in [0.1, 0.15) is 52.2 Å². The van der Waals surface area contributed by atoms with Gasteiger partial charge in [0.05, 0.1) is 40.8 Å². The molecule has 378 valence electrons. The van der Waals surface area contributed by atoms with Gasteiger partial charge in [-0.25, -0.2) is 18.4 Å². The summed E-state index contributed by atoms with van der Waals surface area (Å²) in [6, 6.07) is 7.88. The maximum atomic E-state index is 13.7. The van der Waals surface area contributed by atoms with Gasteiger partial charge in [-0.3, -0.25) is 9.36 Å². The summed E-state index contributed by atoms with van der Waals surface area (Å²) in [4.78, 5) is 24.1. The zero-order chi connectivity index (χ0) is 53.6. The van der Waals surface area contributed by atoms with Crippen LogP contribution in [0.25, 0.3) is 22.0 Å². The van der Waals surface area contributed by atoms with Crippen molar-refractivity contribution in [2.45, 2.75) is 50.0 Å². The Balaban J connectivity index is 0.000000305. The highest BCUT2D eigenvalue weighted by molar-refractivity contribution is 7.16. The largest absolute Gasteiger partial charge is 0.465 e. The first-order valence-electron chi connectivity index (χ1n) is 17.4. The molecule has 2 atom stereocenters. The fourth-order valence-corrected chi connectivity index (χ4v) is 6.94. The molecule has 0 saturated carbocycles. The molecule has 1 N–H and O–H groups in total. The maximum Gasteiger partial charge on any atom is 0.440 e. The van der Waals surface area contributed by atoms with Crippen molar-refractivity contribution in [3.05, 3.63) is 60.8 Å². The predicted molar refractivity (Wildman–Crippen MR) is 207 cm³/mol. The van der Waals surface area contributed by atoms with Gasteiger partial charge in [-0.05, 0) is 19.1 Å². The van der Waals surface area contributed by atoms with Gasteiger partial charge in [0.1, 0.15) is 38.8 Å². The van der Waals surface area contributed by atoms with Crippen molar-refractivity contribution in [1.82, 2.24) is 24.7 Å². The maximum absolute atomic E-state index is 13.7. The first-order valence-corrected chi connectivity index (χ1v) is 19.5. The summed E-state index contributed by atoms with van der Waals surface area (Å²) in [6.45, 7) is 1.21. The van der Waals surface area contributed by atoms with Crippen LogP contribution < -0.4 is 9.47 Å². The van der Waals surface area contributed by atoms with Crippen LogP contribution in [0.15, 0.2) is 27.9 Å². The summed E-state index contributed by atoms with van der Waals surface area (Å²) in [5.74, 6) is -1.85. The van der Waals surface area contributed by atoms with Gasteiger partial charge in [0.25, 0.3) is 18.2 Å². The number of alkyl halides is 15. The minimum Gasteiger partial charge on any atom is -0.465 e. The molecule has 0 amide bonds. The van der Waals surface area contributed by atoms with E-state index in [-0.39, 0.29) is 43.4 Å². The summed E-state index contributed by atoms with van der Waals surface area (Å²) in [5, 5.41) is 37.3. The molecule has 34 heteroatoms. The summed E-state index contributed by atoms with van der Waals surface area (Å²) >= 11 is 7.18. The average Bonchev–Trinajstić information content (AvgIpc) is 4.11. The van der Waals surface area contributed by atoms with Crippen LogP contribution in [-0.2, 0) is 29.7 Å². The average molecular weight is 1080 g/mol. The van der Waals surface area contributed by atoms with E-state index < -0.39 is 83.2 Å². The fourth-order valence-electron chi connectivity index (χ4n) is 5.08. The van der Waals surface area contributed by atoms with Crippen molar-refractivity contribution in [2.24, 2.45) is 19.3 Å². The Morgan fingerprint density at radius 1 is 0.814 bits per heavy atom. The van der Waals surface area contributed by atoms with Crippen LogP contribution in [0.5, 0.6) is 11.8 Å². The van der Waals surface area contributed by atoms with Gasteiger partial charge in [0.15, 0.2) is 10.9 Å². The van der Waals surface area contributed by atoms with Crippen LogP contribution in [-0.4, -0.2) is 98.2 Å². The molecule has 16 nitrogen and oxygen atoms in total. The number of carbonyl (C=O) groups excluding carboxylic acids is 2. The van der Waals surface area contributed by atoms with E-state index in [1.807, 2.05) is 12.1 Å². The molecule has 0 radical (unpaired) electrons. The van der Waals surface area contributed by atoms with E-state index in [0.717, 1.165) is 34.5 Å². The summed E-state index contributed by atoms with van der Waals surface area (Å²) in [7, 11) is 4.38. The molecule has 5 heterocycles. The zero-order valence-corrected chi connectivity index (χ0v) is 37.1. The van der Waals surface area contributed by atoms with Gasteiger partial charge in [-0.2, -0.15) is 67.6 Å². The molecular weight excluding hydrogens is 1060 g/mol. The second-order valence-electron chi connectivity index (χ2n) is 12.7. The number of thiophene rings is 2. The Labute approximate surface area is 392 Å². The van der Waals surface area contributed by atoms with Gasteiger partial charge in [-0.15, -0.1) is 39.3 Å². The first-order chi connectivity index (χ1) is 32.1. The molecule has 0 aliphatic rings. The van der Waals surface area contributed by atoms with E-state index >= 15 is 0 Å². The van der Waals surface area contributed by atoms with Crippen molar-refractivity contribution in [3.63, 3.8) is 0 Å². The SMILES string of the molecule is C#Cc1cc(C(=O)OC)c(C#N)s1.COC(=O)c1cc(-c2cc(-c3c(C)c(OC(F)(F)C(F)C(F)(F)F)nn3C)no2)sc1C#N.Cn1nc(OC(F)(F)C(F)C(F)(F)F)c(C(F)(F)F)c1/C(Cl)=N/O. The van der Waals surface area contributed by atoms with Crippen molar-refractivity contribution in [1.29, 1.82) is 10.5 Å². The molecule has 0 spiro atoms. The van der Waals surface area contributed by atoms with Crippen molar-refractivity contribution in [3.8, 4) is 58.3 Å². The minimum atomic E-state index is -6.11. The molecule has 0 saturated heterocycles. The molecule has 0 aliphatic heterocycles. The quantitative estimate of drug-likeness (QED) is 0.0326. The Hall–Kier alpha value is -7.18. The number of rotatable bonds is 11. The molecule has 0 aromatic carbocycles. The number of ether oxygens (including phenoxy) is 4. The molecule has 0 aliphatic carbocycles. The molecule has 5 aromatic heterocycles. The smallest absolute Gasteiger partial charge is 0.440 e. The van der Waals surface area contributed by atoms with Gasteiger partial charge in [0.2, 0.25) is 5.88 Å². The van der Waals surface area contributed by atoms with Crippen LogP contribution in [0.3, 0.4) is 0 Å². The summed E-state index contributed by atoms with van der Waals surface area (Å²) in [6.07, 6.45) is -32.8. The Bertz CT molecular complexity index is 2880. The predicted octanol–water partition coefficient (Wildman–Crippen LogP) is 9.72. The van der Waals surface area contributed by atoms with Crippen molar-refractivity contribution in [2.75, 3.05) is 14.2 Å². The molecule has 0 bridgehead atoms. The monoisotopic (exact) mass is 1080 g/mol. The topological polar surface area (TPSA) is 213 Å². The third-order valence-electron chi connectivity index (χ3n) is 8.07. The van der Waals surface area contributed by atoms with E-state index in [0.29, 0.717) is 21.7 Å². The number of carbonyl (C=O) groups is 2. The van der Waals surface area contributed by atoms with E-state index in [1.54, 1.807) is 0 Å². The Morgan fingerprint density at radius 3 is 1.73 bits per heavy atom. The lowest BCUT2D eigenvalue weighted by Crippen LogP contribution is -2.46. The highest BCUT2D eigenvalue weighted by Crippen LogP contribution is 2.44. The lowest BCUT2D eigenvalue weighted by Gasteiger charge is -2.22. The lowest BCUT2D eigenvalue weighted by molar-refractivity contribution is -0.307. The van der Waals surface area contributed by atoms with Gasteiger partial charge in [0, 0.05) is 25.7 Å². The number of methoxy groups -OCH3 is 2. The molecular formula is C36H22ClF15N8O8S2. The zero-order valence-electron chi connectivity index (χ0n) is 34.7. The van der Waals surface area contributed by atoms with Crippen molar-refractivity contribution >= 4 is 51.4 Å². The van der Waals surface area contributed by atoms with Gasteiger partial charge >= 0.3 is 42.7 Å². The number of esters is 2. The molecule has 70 heavy (non-hydrogen) atoms. The van der Waals surface area contributed by atoms with E-state index in [9.17, 15) is 80.7 Å². The Kier molecular flexibility index (Phi) is 17.7. The van der Waals surface area contributed by atoms with Crippen LogP contribution in [0.2, 0.25) is 0 Å². The summed E-state index contributed by atoms with van der Waals surface area (Å²) in [5.41, 5.74) is -3.34. The number of hydrogen-bond donors (Lipinski definition) is 1. The highest BCUT2D eigenvalue weighted by Gasteiger charge is 2.61. The second-order valence-corrected chi connectivity index (χ2v) is 15.2. The van der Waals surface area contributed by atoms with Crippen LogP contribution >= 0.6 is 34.3 Å². The number of nitriles is 2. The molecule has 2 unspecified atom stereocenters. The van der Waals surface area contributed by atoms with Crippen LogP contribution in [0, 0.1) is 41.9 Å². The first kappa shape index (κ1) is 57.1. The second kappa shape index (κ2) is 21.6. The number of hydrogen-bond acceptors (Lipinski definition) is 16. The molecule has 0 fully saturated rings. The number of aryl methyl sites for hydroxylation is 2. The Morgan fingerprint density at radius 2 is 1.29 bits per heavy atom. The van der Waals surface area contributed by atoms with E-state index in [4.69, 9.17) is 33.0 Å². The normalized spacial score (nSPS) is 13.0. The van der Waals surface area contributed by atoms with E-state index in [2.05, 4.69) is 45.4 Å². The molecule has 5 rings (SSSR count). The number of oxime groups is 1. The summed E-state index contributed by atoms with van der Waals surface area (Å²) < 4.78 is 214. The lowest BCUT2D eigenvalue weighted by atomic mass is 10.2. The van der Waals surface area contributed by atoms with Gasteiger partial charge in [-0.1, -0.05) is 27.8 Å². The highest BCUT2D eigenvalue weighted by atomic mass is 35.5. The standard InChI is InChI=1S/C18H12F6N4O4S.C9H5ClF9N3O2.C9H5NO2S/c1-7-13(28(2)26-14(7)31-18(23,24)16(19)17(20,21)22)9-5-10(32-27-9)11-4-8(15(29)30-3)12(6-25)33-11;1-22-3(4(10)21-23)2(7(12,13)14)5(20-22)24-9(18,19)6(11)8(15,16)17;1-3-6-4-7(9(11)12-2)8(5-10)13-6/h4-5,16H,1-3H3;6,23H,1H3;1,4H,2H3/b;21-4-;. The third kappa shape index (κ3) is 12.9. The number of terminal acetylenes is 1. The number of nitrogens with zero attached hydrogens (tertiary/aromatic N) is 8. The van der Waals surface area contributed by atoms with E-state index in [1.165, 1.54) is 39.3 Å². The number of halogens is 16. The van der Waals surface area contributed by atoms with Crippen molar-refractivity contribution < 1.29 is 104 Å². The van der Waals surface area contributed by atoms with Crippen LogP contribution in [0.4, 0.5) is 65.9 Å². The van der Waals surface area contributed by atoms with Gasteiger partial charge < -0.3 is 28.7 Å². The third-order valence-corrected chi connectivity index (χ3v) is 10.3. The fraction of sp³-hybridized carbons (Fsp3) is 0.333. The minimum absolute atomic E-state index is 0.00183.